The molecule has 3 nitrogen and oxygen atoms in total. The van der Waals surface area contributed by atoms with E-state index in [1.165, 1.54) is 77.0 Å². The summed E-state index contributed by atoms with van der Waals surface area (Å²) in [6, 6.07) is 0. The topological polar surface area (TPSA) is 43.4 Å². The van der Waals surface area contributed by atoms with Gasteiger partial charge in [0.05, 0.1) is 6.61 Å². The van der Waals surface area contributed by atoms with Gasteiger partial charge < -0.3 is 0 Å². The summed E-state index contributed by atoms with van der Waals surface area (Å²) >= 11 is 0. The predicted molar refractivity (Wildman–Crippen MR) is 131 cm³/mol. The molecule has 0 aliphatic carbocycles. The molecule has 30 heavy (non-hydrogen) atoms. The summed E-state index contributed by atoms with van der Waals surface area (Å²) in [4.78, 5) is 0. The molecule has 1 atom stereocenters. The zero-order valence-electron chi connectivity index (χ0n) is 19.4. The van der Waals surface area contributed by atoms with Gasteiger partial charge in [-0.1, -0.05) is 123 Å². The van der Waals surface area contributed by atoms with Crippen molar-refractivity contribution >= 4 is 29.0 Å². The molecule has 0 rings (SSSR count). The van der Waals surface area contributed by atoms with Crippen molar-refractivity contribution in [2.24, 2.45) is 0 Å². The molecule has 0 aliphatic heterocycles. The van der Waals surface area contributed by atoms with Crippen molar-refractivity contribution < 1.29 is 17.0 Å². The van der Waals surface area contributed by atoms with E-state index in [1.807, 2.05) is 0 Å². The predicted octanol–water partition coefficient (Wildman–Crippen LogP) is 7.82. The summed E-state index contributed by atoms with van der Waals surface area (Å²) in [6.45, 7) is 4.54. The van der Waals surface area contributed by atoms with Crippen molar-refractivity contribution in [3.05, 3.63) is 0 Å². The minimum absolute atomic E-state index is 0. The van der Waals surface area contributed by atoms with Gasteiger partial charge in [-0.15, -0.1) is 0 Å². The quantitative estimate of drug-likeness (QED) is 0.0916. The van der Waals surface area contributed by atoms with Gasteiger partial charge in [0.1, 0.15) is 0 Å². The van der Waals surface area contributed by atoms with E-state index in [2.05, 4.69) is 13.8 Å². The molecule has 1 unspecified atom stereocenters. The average molecular weight is 445 g/mol. The van der Waals surface area contributed by atoms with Gasteiger partial charge in [-0.3, -0.25) is 4.18 Å². The van der Waals surface area contributed by atoms with Gasteiger partial charge in [0.2, 0.25) is 5.50 Å². The second kappa shape index (κ2) is 24.1. The molecule has 0 saturated carbocycles. The first-order valence-corrected chi connectivity index (χ1v) is 14.0. The second-order valence-electron chi connectivity index (χ2n) is 8.52. The fourth-order valence-electron chi connectivity index (χ4n) is 3.60. The maximum atomic E-state index is 13.9. The van der Waals surface area contributed by atoms with Crippen LogP contribution >= 0.6 is 0 Å². The molecule has 0 bridgehead atoms. The Labute approximate surface area is 200 Å². The maximum absolute atomic E-state index is 13.9. The number of unbranched alkanes of at least 4 members (excludes halogenated alkanes) is 17. The Balaban J connectivity index is 0. The van der Waals surface area contributed by atoms with Gasteiger partial charge in [-0.25, -0.2) is 4.39 Å². The molecule has 178 valence electrons. The van der Waals surface area contributed by atoms with Crippen LogP contribution in [0.5, 0.6) is 0 Å². The van der Waals surface area contributed by atoms with E-state index in [9.17, 15) is 12.8 Å². The third-order valence-corrected chi connectivity index (χ3v) is 6.95. The van der Waals surface area contributed by atoms with Crippen molar-refractivity contribution in [2.45, 2.75) is 148 Å². The SMILES string of the molecule is CCCCCCCCCCCCCCOS(=O)(=O)C(F)CCCCCCCCC.[LiH]. The van der Waals surface area contributed by atoms with E-state index in [1.54, 1.807) is 0 Å². The third kappa shape index (κ3) is 21.7. The Morgan fingerprint density at radius 3 is 1.33 bits per heavy atom. The van der Waals surface area contributed by atoms with Crippen molar-refractivity contribution in [1.82, 2.24) is 0 Å². The monoisotopic (exact) mass is 444 g/mol. The van der Waals surface area contributed by atoms with E-state index in [0.717, 1.165) is 32.1 Å². The van der Waals surface area contributed by atoms with Crippen LogP contribution in [0.2, 0.25) is 0 Å². The van der Waals surface area contributed by atoms with Gasteiger partial charge in [-0.2, -0.15) is 8.42 Å². The molecule has 0 spiro atoms. The van der Waals surface area contributed by atoms with Crippen LogP contribution in [0.15, 0.2) is 0 Å². The Bertz CT molecular complexity index is 432. The van der Waals surface area contributed by atoms with Crippen LogP contribution in [0, 0.1) is 0 Å². The van der Waals surface area contributed by atoms with E-state index < -0.39 is 15.6 Å². The first kappa shape index (κ1) is 32.6. The Hall–Kier alpha value is 0.437. The zero-order valence-corrected chi connectivity index (χ0v) is 20.3. The molecule has 0 aromatic heterocycles. The van der Waals surface area contributed by atoms with E-state index in [4.69, 9.17) is 4.18 Å². The molecule has 0 amide bonds. The van der Waals surface area contributed by atoms with E-state index >= 15 is 0 Å². The zero-order chi connectivity index (χ0) is 21.6. The van der Waals surface area contributed by atoms with Crippen LogP contribution < -0.4 is 0 Å². The molecular formula is C24H50FLiO3S. The van der Waals surface area contributed by atoms with Crippen molar-refractivity contribution in [2.75, 3.05) is 6.61 Å². The molecule has 6 heteroatoms. The van der Waals surface area contributed by atoms with Gasteiger partial charge in [0.15, 0.2) is 0 Å². The van der Waals surface area contributed by atoms with Crippen LogP contribution in [0.4, 0.5) is 4.39 Å². The third-order valence-electron chi connectivity index (χ3n) is 5.59. The number of hydrogen-bond donors (Lipinski definition) is 0. The van der Waals surface area contributed by atoms with Crippen LogP contribution in [0.3, 0.4) is 0 Å². The van der Waals surface area contributed by atoms with Crippen molar-refractivity contribution in [3.8, 4) is 0 Å². The number of halogens is 1. The summed E-state index contributed by atoms with van der Waals surface area (Å²) in [5.74, 6) is 0. The normalized spacial score (nSPS) is 12.6. The second-order valence-corrected chi connectivity index (χ2v) is 10.3. The van der Waals surface area contributed by atoms with Crippen LogP contribution in [0.25, 0.3) is 0 Å². The molecule has 0 aromatic carbocycles. The molecule has 0 radical (unpaired) electrons. The number of hydrogen-bond acceptors (Lipinski definition) is 3. The first-order valence-electron chi connectivity index (χ1n) is 12.6. The summed E-state index contributed by atoms with van der Waals surface area (Å²) in [5.41, 5.74) is -1.87. The van der Waals surface area contributed by atoms with Crippen molar-refractivity contribution in [3.63, 3.8) is 0 Å². The molecule has 0 aromatic rings. The summed E-state index contributed by atoms with van der Waals surface area (Å²) < 4.78 is 42.5. The summed E-state index contributed by atoms with van der Waals surface area (Å²) in [5, 5.41) is 0. The fraction of sp³-hybridized carbons (Fsp3) is 1.00. The Morgan fingerprint density at radius 1 is 0.600 bits per heavy atom. The molecule has 0 fully saturated rings. The van der Waals surface area contributed by atoms with E-state index in [-0.39, 0.29) is 31.9 Å². The molecular weight excluding hydrogens is 394 g/mol. The van der Waals surface area contributed by atoms with Crippen LogP contribution in [-0.4, -0.2) is 39.4 Å². The van der Waals surface area contributed by atoms with Crippen LogP contribution in [-0.2, 0) is 14.3 Å². The first-order chi connectivity index (χ1) is 14.0. The fourth-order valence-corrected chi connectivity index (χ4v) is 4.55. The minimum atomic E-state index is -4.04. The van der Waals surface area contributed by atoms with Crippen molar-refractivity contribution in [1.29, 1.82) is 0 Å². The standard InChI is InChI=1S/C24H49FO3S.Li.H/c1-3-5-7-9-11-12-13-14-15-17-19-21-23-28-29(26,27)24(25)22-20-18-16-10-8-6-4-2;;/h24H,3-23H2,1-2H3;;. The number of rotatable bonds is 23. The van der Waals surface area contributed by atoms with Gasteiger partial charge >= 0.3 is 18.9 Å². The van der Waals surface area contributed by atoms with E-state index in [0.29, 0.717) is 12.8 Å². The summed E-state index contributed by atoms with van der Waals surface area (Å²) in [7, 11) is -4.04. The van der Waals surface area contributed by atoms with Gasteiger partial charge in [0.25, 0.3) is 10.1 Å². The molecule has 0 aliphatic rings. The molecule has 0 heterocycles. The van der Waals surface area contributed by atoms with Gasteiger partial charge in [0, 0.05) is 0 Å². The average Bonchev–Trinajstić information content (AvgIpc) is 2.70. The number of alkyl halides is 1. The van der Waals surface area contributed by atoms with Crippen LogP contribution in [0.1, 0.15) is 142 Å². The Kier molecular flexibility index (Phi) is 26.2. The Morgan fingerprint density at radius 2 is 0.933 bits per heavy atom. The summed E-state index contributed by atoms with van der Waals surface area (Å²) in [6.07, 6.45) is 22.1. The molecule has 0 saturated heterocycles. The van der Waals surface area contributed by atoms with Gasteiger partial charge in [-0.05, 0) is 19.3 Å². The molecule has 0 N–H and O–H groups in total.